The third-order valence-corrected chi connectivity index (χ3v) is 2.89. The summed E-state index contributed by atoms with van der Waals surface area (Å²) in [5.41, 5.74) is 6.46. The molecule has 1 rings (SSSR count). The van der Waals surface area contributed by atoms with E-state index in [0.717, 1.165) is 31.8 Å². The maximum Gasteiger partial charge on any atom is 0.141 e. The van der Waals surface area contributed by atoms with Gasteiger partial charge in [-0.05, 0) is 13.3 Å². The van der Waals surface area contributed by atoms with Crippen molar-refractivity contribution >= 4 is 5.82 Å². The molecular formula is C12H22N4O. The zero-order valence-corrected chi connectivity index (χ0v) is 10.9. The number of nitrogen functional groups attached to an aromatic ring is 1. The molecule has 0 bridgehead atoms. The third kappa shape index (κ3) is 4.66. The number of methoxy groups -OCH3 is 1. The van der Waals surface area contributed by atoms with Gasteiger partial charge < -0.3 is 10.5 Å². The Morgan fingerprint density at radius 1 is 1.41 bits per heavy atom. The monoisotopic (exact) mass is 238 g/mol. The van der Waals surface area contributed by atoms with Gasteiger partial charge in [0.1, 0.15) is 5.82 Å². The van der Waals surface area contributed by atoms with Gasteiger partial charge >= 0.3 is 0 Å². The van der Waals surface area contributed by atoms with Crippen LogP contribution in [0, 0.1) is 0 Å². The number of hydrogen-bond acceptors (Lipinski definition) is 5. The summed E-state index contributed by atoms with van der Waals surface area (Å²) in [5.74, 6) is 0.459. The minimum Gasteiger partial charge on any atom is -0.383 e. The van der Waals surface area contributed by atoms with E-state index >= 15 is 0 Å². The highest BCUT2D eigenvalue weighted by atomic mass is 16.5. The second kappa shape index (κ2) is 7.19. The maximum absolute atomic E-state index is 5.52. The number of anilines is 1. The summed E-state index contributed by atoms with van der Waals surface area (Å²) in [6, 6.07) is 0.504. The molecule has 0 saturated heterocycles. The van der Waals surface area contributed by atoms with Crippen LogP contribution in [0.15, 0.2) is 12.4 Å². The van der Waals surface area contributed by atoms with Crippen LogP contribution in [0.25, 0.3) is 0 Å². The van der Waals surface area contributed by atoms with E-state index in [9.17, 15) is 0 Å². The quantitative estimate of drug-likeness (QED) is 0.776. The number of rotatable bonds is 7. The first kappa shape index (κ1) is 13.9. The summed E-state index contributed by atoms with van der Waals surface area (Å²) in [4.78, 5) is 10.7. The van der Waals surface area contributed by atoms with Gasteiger partial charge in [0.15, 0.2) is 0 Å². The number of hydrogen-bond donors (Lipinski definition) is 1. The van der Waals surface area contributed by atoms with Crippen molar-refractivity contribution in [3.8, 4) is 0 Å². The van der Waals surface area contributed by atoms with E-state index in [2.05, 4.69) is 28.7 Å². The van der Waals surface area contributed by atoms with Crippen molar-refractivity contribution in [1.82, 2.24) is 14.9 Å². The lowest BCUT2D eigenvalue weighted by Crippen LogP contribution is -2.35. The van der Waals surface area contributed by atoms with Crippen LogP contribution < -0.4 is 5.73 Å². The van der Waals surface area contributed by atoms with E-state index in [1.807, 2.05) is 0 Å². The van der Waals surface area contributed by atoms with E-state index in [-0.39, 0.29) is 0 Å². The van der Waals surface area contributed by atoms with Crippen molar-refractivity contribution in [2.24, 2.45) is 0 Å². The van der Waals surface area contributed by atoms with Gasteiger partial charge in [-0.2, -0.15) is 0 Å². The molecule has 0 aliphatic rings. The van der Waals surface area contributed by atoms with Gasteiger partial charge in [-0.3, -0.25) is 9.88 Å². The average Bonchev–Trinajstić information content (AvgIpc) is 2.36. The average molecular weight is 238 g/mol. The van der Waals surface area contributed by atoms with E-state index in [1.54, 1.807) is 19.5 Å². The highest BCUT2D eigenvalue weighted by molar-refractivity contribution is 5.22. The molecule has 1 unspecified atom stereocenters. The van der Waals surface area contributed by atoms with Crippen LogP contribution in [0.3, 0.4) is 0 Å². The molecule has 0 spiro atoms. The largest absolute Gasteiger partial charge is 0.383 e. The first-order chi connectivity index (χ1) is 8.17. The lowest BCUT2D eigenvalue weighted by molar-refractivity contribution is 0.117. The van der Waals surface area contributed by atoms with Crippen LogP contribution in [0.2, 0.25) is 0 Å². The Morgan fingerprint density at radius 2 is 2.18 bits per heavy atom. The molecular weight excluding hydrogens is 216 g/mol. The van der Waals surface area contributed by atoms with Crippen molar-refractivity contribution < 1.29 is 4.74 Å². The van der Waals surface area contributed by atoms with Crippen LogP contribution in [0.4, 0.5) is 5.82 Å². The van der Waals surface area contributed by atoms with Gasteiger partial charge in [0, 0.05) is 26.2 Å². The van der Waals surface area contributed by atoms with E-state index in [0.29, 0.717) is 11.9 Å². The Kier molecular flexibility index (Phi) is 5.86. The highest BCUT2D eigenvalue weighted by Gasteiger charge is 2.13. The number of aromatic nitrogens is 2. The van der Waals surface area contributed by atoms with Gasteiger partial charge in [-0.15, -0.1) is 0 Å². The van der Waals surface area contributed by atoms with Crippen LogP contribution in [-0.2, 0) is 11.3 Å². The summed E-state index contributed by atoms with van der Waals surface area (Å²) in [7, 11) is 1.72. The Hall–Kier alpha value is -1.20. The Morgan fingerprint density at radius 3 is 2.71 bits per heavy atom. The van der Waals surface area contributed by atoms with Crippen molar-refractivity contribution in [3.63, 3.8) is 0 Å². The smallest absolute Gasteiger partial charge is 0.141 e. The number of nitrogens with zero attached hydrogens (tertiary/aromatic N) is 3. The van der Waals surface area contributed by atoms with E-state index in [1.165, 1.54) is 0 Å². The molecule has 0 amide bonds. The van der Waals surface area contributed by atoms with Crippen LogP contribution in [0.1, 0.15) is 26.0 Å². The number of nitrogens with two attached hydrogens (primary N) is 1. The molecule has 0 radical (unpaired) electrons. The van der Waals surface area contributed by atoms with E-state index in [4.69, 9.17) is 10.5 Å². The minimum atomic E-state index is 0.459. The zero-order chi connectivity index (χ0) is 12.7. The Labute approximate surface area is 103 Å². The fourth-order valence-electron chi connectivity index (χ4n) is 1.58. The first-order valence-corrected chi connectivity index (χ1v) is 5.96. The molecule has 1 atom stereocenters. The van der Waals surface area contributed by atoms with Crippen LogP contribution >= 0.6 is 0 Å². The molecule has 1 heterocycles. The minimum absolute atomic E-state index is 0.459. The summed E-state index contributed by atoms with van der Waals surface area (Å²) < 4.78 is 5.13. The first-order valence-electron chi connectivity index (χ1n) is 5.96. The van der Waals surface area contributed by atoms with Crippen LogP contribution in [0.5, 0.6) is 0 Å². The van der Waals surface area contributed by atoms with Crippen molar-refractivity contribution in [2.75, 3.05) is 26.0 Å². The van der Waals surface area contributed by atoms with Gasteiger partial charge in [-0.1, -0.05) is 6.92 Å². The SMILES string of the molecule is CCC(C)N(CCOC)Cc1cnc(N)cn1. The van der Waals surface area contributed by atoms with Gasteiger partial charge in [0.25, 0.3) is 0 Å². The molecule has 17 heavy (non-hydrogen) atoms. The normalized spacial score (nSPS) is 12.9. The molecule has 1 aromatic heterocycles. The second-order valence-corrected chi connectivity index (χ2v) is 4.15. The summed E-state index contributed by atoms with van der Waals surface area (Å²) in [5, 5.41) is 0. The molecule has 0 aliphatic carbocycles. The zero-order valence-electron chi connectivity index (χ0n) is 10.9. The lowest BCUT2D eigenvalue weighted by Gasteiger charge is -2.27. The third-order valence-electron chi connectivity index (χ3n) is 2.89. The van der Waals surface area contributed by atoms with Crippen molar-refractivity contribution in [2.45, 2.75) is 32.9 Å². The number of ether oxygens (including phenoxy) is 1. The van der Waals surface area contributed by atoms with Crippen molar-refractivity contribution in [3.05, 3.63) is 18.1 Å². The van der Waals surface area contributed by atoms with Crippen molar-refractivity contribution in [1.29, 1.82) is 0 Å². The fraction of sp³-hybridized carbons (Fsp3) is 0.667. The predicted molar refractivity (Wildman–Crippen MR) is 68.5 cm³/mol. The van der Waals surface area contributed by atoms with Crippen LogP contribution in [-0.4, -0.2) is 41.2 Å². The Balaban J connectivity index is 2.61. The molecule has 0 saturated carbocycles. The molecule has 0 fully saturated rings. The molecule has 0 aliphatic heterocycles. The summed E-state index contributed by atoms with van der Waals surface area (Å²) in [6.45, 7) is 6.80. The standard InChI is InChI=1S/C12H22N4O/c1-4-10(2)16(5-6-17-3)9-11-7-15-12(13)8-14-11/h7-8,10H,4-6,9H2,1-3H3,(H2,13,15). The molecule has 2 N–H and O–H groups in total. The summed E-state index contributed by atoms with van der Waals surface area (Å²) >= 11 is 0. The van der Waals surface area contributed by atoms with Gasteiger partial charge in [-0.25, -0.2) is 4.98 Å². The lowest BCUT2D eigenvalue weighted by atomic mass is 10.2. The molecule has 96 valence electrons. The van der Waals surface area contributed by atoms with Gasteiger partial charge in [0.2, 0.25) is 0 Å². The van der Waals surface area contributed by atoms with Gasteiger partial charge in [0.05, 0.1) is 24.7 Å². The molecule has 5 heteroatoms. The molecule has 1 aromatic rings. The van der Waals surface area contributed by atoms with E-state index < -0.39 is 0 Å². The topological polar surface area (TPSA) is 64.3 Å². The maximum atomic E-state index is 5.52. The summed E-state index contributed by atoms with van der Waals surface area (Å²) in [6.07, 6.45) is 4.43. The predicted octanol–water partition coefficient (Wildman–Crippen LogP) is 1.31. The Bertz CT molecular complexity index is 315. The molecule has 0 aromatic carbocycles. The highest BCUT2D eigenvalue weighted by Crippen LogP contribution is 2.08. The second-order valence-electron chi connectivity index (χ2n) is 4.15. The molecule has 5 nitrogen and oxygen atoms in total. The fourth-order valence-corrected chi connectivity index (χ4v) is 1.58.